The molecule has 5 aliphatic rings. The largest absolute Gasteiger partial charge is 0.413 e. The van der Waals surface area contributed by atoms with Crippen molar-refractivity contribution < 1.29 is 33.1 Å². The Labute approximate surface area is 506 Å². The van der Waals surface area contributed by atoms with Crippen LogP contribution < -0.4 is 35.7 Å². The van der Waals surface area contributed by atoms with Crippen LogP contribution in [0.4, 0.5) is 24.0 Å². The molecule has 8 aromatic rings. The van der Waals surface area contributed by atoms with Crippen molar-refractivity contribution >= 4 is 62.0 Å². The molecule has 5 aliphatic heterocycles. The lowest BCUT2D eigenvalue weighted by atomic mass is 10.2. The van der Waals surface area contributed by atoms with Gasteiger partial charge >= 0.3 is 30.2 Å². The third-order valence-corrected chi connectivity index (χ3v) is 13.6. The van der Waals surface area contributed by atoms with Crippen molar-refractivity contribution in [2.24, 2.45) is 0 Å². The average molecular weight is 1280 g/mol. The van der Waals surface area contributed by atoms with Crippen LogP contribution >= 0.6 is 31.9 Å². The molecular weight excluding hydrogens is 1210 g/mol. The molecule has 1 unspecified atom stereocenters. The van der Waals surface area contributed by atoms with Gasteiger partial charge in [0.1, 0.15) is 44.5 Å². The second kappa shape index (κ2) is 35.3. The monoisotopic (exact) mass is 1280 g/mol. The highest BCUT2D eigenvalue weighted by Gasteiger charge is 2.31. The lowest BCUT2D eigenvalue weighted by Crippen LogP contribution is -2.49. The zero-order valence-corrected chi connectivity index (χ0v) is 48.1. The predicted molar refractivity (Wildman–Crippen MR) is 322 cm³/mol. The van der Waals surface area contributed by atoms with Crippen molar-refractivity contribution in [3.63, 3.8) is 0 Å². The Morgan fingerprint density at radius 2 is 1.17 bits per heavy atom. The number of aromatic nitrogens is 14. The number of nitriles is 1. The van der Waals surface area contributed by atoms with Gasteiger partial charge in [0.05, 0.1) is 41.8 Å². The van der Waals surface area contributed by atoms with Gasteiger partial charge < -0.3 is 31.2 Å². The van der Waals surface area contributed by atoms with Gasteiger partial charge in [-0.25, -0.2) is 58.0 Å². The fraction of sp³-hybridized carbons (Fsp3) is 0.393. The molecule has 8 aromatic heterocycles. The van der Waals surface area contributed by atoms with E-state index in [-0.39, 0.29) is 52.4 Å². The average Bonchev–Trinajstić information content (AvgIpc) is 4.36. The first-order chi connectivity index (χ1) is 39.5. The van der Waals surface area contributed by atoms with Crippen LogP contribution in [0.2, 0.25) is 0 Å². The van der Waals surface area contributed by atoms with Crippen molar-refractivity contribution in [2.45, 2.75) is 104 Å². The molecule has 0 radical (unpaired) electrons. The standard InChI is InChI=1S/C19H19N7O2.C7H7Br2N.C7H6N4O.C6H11N3O.C6H7N3O.C6H10N2.C2H3N.3CH4/c27-18-20-6-4-16-10-23(12-25(16)18)8-14-2-1-3-15(22-14)9-24-11-17-5-7-21-19(28)26(17)13-24;8-4-6-2-1-3-7(5-9)10-6;12-7(10-3-1-8-5-10)11-4-2-9-6-11;2*10-6-8-2-1-5-3-7-4-9(5)6;1-2-3-6-4-7-5-8-6;1-2-3;;;/h1-3,10-13H,4-9H2;1-3H,4-5H2;1-6H;5,7H,1-4H2,(H,8,10);3-4H,1-2H2,(H,8,10);4-5H,2-3H2,1H3,(H,7,8);1H3;3*1H4/p+2. The van der Waals surface area contributed by atoms with Crippen molar-refractivity contribution in [3.8, 4) is 6.07 Å². The molecule has 0 bridgehead atoms. The van der Waals surface area contributed by atoms with E-state index < -0.39 is 0 Å². The maximum Gasteiger partial charge on any atom is 0.413 e. The Kier molecular flexibility index (Phi) is 28.5. The highest BCUT2D eigenvalue weighted by atomic mass is 79.9. The first-order valence-electron chi connectivity index (χ1n) is 26.1. The molecule has 84 heavy (non-hydrogen) atoms. The summed E-state index contributed by atoms with van der Waals surface area (Å²) in [7, 11) is 0. The van der Waals surface area contributed by atoms with Crippen LogP contribution in [0.1, 0.15) is 94.5 Å². The number of carbonyl (C=O) groups is 5. The van der Waals surface area contributed by atoms with Gasteiger partial charge in [0.15, 0.2) is 11.4 Å². The van der Waals surface area contributed by atoms with Gasteiger partial charge in [0, 0.05) is 124 Å². The Morgan fingerprint density at radius 3 is 1.62 bits per heavy atom. The summed E-state index contributed by atoms with van der Waals surface area (Å²) >= 11 is 6.69. The number of halogens is 2. The van der Waals surface area contributed by atoms with Crippen molar-refractivity contribution in [2.75, 3.05) is 39.4 Å². The molecule has 6 N–H and O–H groups in total. The number of alkyl halides is 2. The van der Waals surface area contributed by atoms with E-state index in [2.05, 4.69) is 95.3 Å². The Bertz CT molecular complexity index is 3180. The molecule has 5 amide bonds. The molecule has 28 heteroatoms. The lowest BCUT2D eigenvalue weighted by molar-refractivity contribution is -0.689. The van der Waals surface area contributed by atoms with Gasteiger partial charge in [-0.15, -0.1) is 9.13 Å². The summed E-state index contributed by atoms with van der Waals surface area (Å²) in [4.78, 5) is 86.4. The molecule has 0 spiro atoms. The number of fused-ring (bicyclic) bond motifs is 4. The van der Waals surface area contributed by atoms with E-state index in [9.17, 15) is 24.0 Å². The van der Waals surface area contributed by atoms with Crippen LogP contribution in [-0.2, 0) is 49.4 Å². The number of pyridine rings is 2. The number of imidazole rings is 6. The molecule has 0 aromatic carbocycles. The van der Waals surface area contributed by atoms with E-state index in [1.165, 1.54) is 51.7 Å². The van der Waals surface area contributed by atoms with Gasteiger partial charge in [-0.05, 0) is 37.1 Å². The van der Waals surface area contributed by atoms with Crippen LogP contribution in [0.5, 0.6) is 0 Å². The van der Waals surface area contributed by atoms with E-state index in [4.69, 9.17) is 10.2 Å². The number of urea groups is 1. The highest BCUT2D eigenvalue weighted by molar-refractivity contribution is 9.08. The first-order valence-corrected chi connectivity index (χ1v) is 28.4. The third kappa shape index (κ3) is 19.8. The Balaban J connectivity index is 0.000000229. The SMILES string of the molecule is BrCc1cccc(CBr)n1.C.C.C.CC#N.CCCc1cnc[nH]1.O=C(n1ccnc1)n1ccnc1.O=C1NCCC2CNCN12.O=C1NCCc2c[n+](Cc3cccc(C[n+]4cc5n(c4)C(=O)NCC5)n3)cn21.O=C1NCCc2cncn21. The van der Waals surface area contributed by atoms with E-state index in [1.54, 1.807) is 52.5 Å². The summed E-state index contributed by atoms with van der Waals surface area (Å²) in [5.41, 5.74) is 8.24. The van der Waals surface area contributed by atoms with E-state index in [1.807, 2.05) is 81.7 Å². The number of hydrogen-bond donors (Lipinski definition) is 6. The number of aryl methyl sites for hydroxylation is 1. The number of rotatable bonds is 8. The van der Waals surface area contributed by atoms with Crippen LogP contribution in [0, 0.1) is 11.3 Å². The number of nitrogens with zero attached hydrogens (tertiary/aromatic N) is 15. The summed E-state index contributed by atoms with van der Waals surface area (Å²) in [5, 5.41) is 23.3. The maximum atomic E-state index is 11.9. The predicted octanol–water partition coefficient (Wildman–Crippen LogP) is 6.18. The number of aromatic amines is 1. The van der Waals surface area contributed by atoms with E-state index >= 15 is 0 Å². The fourth-order valence-corrected chi connectivity index (χ4v) is 9.25. The third-order valence-electron chi connectivity index (χ3n) is 12.5. The van der Waals surface area contributed by atoms with Crippen LogP contribution in [0.25, 0.3) is 0 Å². The van der Waals surface area contributed by atoms with E-state index in [0.29, 0.717) is 32.2 Å². The summed E-state index contributed by atoms with van der Waals surface area (Å²) in [5.74, 6) is 0. The molecule has 13 rings (SSSR count). The summed E-state index contributed by atoms with van der Waals surface area (Å²) < 4.78 is 11.6. The topological polar surface area (TPSA) is 298 Å². The number of hydrogen-bond acceptors (Lipinski definition) is 13. The van der Waals surface area contributed by atoms with Crippen molar-refractivity contribution in [3.05, 3.63) is 169 Å². The zero-order chi connectivity index (χ0) is 57.3. The zero-order valence-electron chi connectivity index (χ0n) is 44.9. The quantitative estimate of drug-likeness (QED) is 0.0733. The van der Waals surface area contributed by atoms with Crippen molar-refractivity contribution in [1.82, 2.24) is 89.2 Å². The molecule has 13 heterocycles. The van der Waals surface area contributed by atoms with Crippen LogP contribution in [-0.4, -0.2) is 138 Å². The normalized spacial score (nSPS) is 14.5. The lowest BCUT2D eigenvalue weighted by Gasteiger charge is -2.28. The second-order valence-corrected chi connectivity index (χ2v) is 19.4. The maximum absolute atomic E-state index is 11.9. The Hall–Kier alpha value is -8.68. The van der Waals surface area contributed by atoms with Crippen molar-refractivity contribution in [1.29, 1.82) is 5.26 Å². The summed E-state index contributed by atoms with van der Waals surface area (Å²) in [6.45, 7) is 9.37. The molecule has 0 saturated carbocycles. The molecule has 26 nitrogen and oxygen atoms in total. The Morgan fingerprint density at radius 1 is 0.667 bits per heavy atom. The first kappa shape index (κ1) is 67.8. The molecule has 2 fully saturated rings. The molecule has 448 valence electrons. The summed E-state index contributed by atoms with van der Waals surface area (Å²) in [6.07, 6.45) is 29.5. The minimum atomic E-state index is -0.190. The van der Waals surface area contributed by atoms with Gasteiger partial charge in [-0.1, -0.05) is 79.6 Å². The molecular formula is C56H77Br2N21O5+2. The second-order valence-electron chi connectivity index (χ2n) is 18.3. The van der Waals surface area contributed by atoms with Gasteiger partial charge in [0.25, 0.3) is 12.7 Å². The van der Waals surface area contributed by atoms with E-state index in [0.717, 1.165) is 109 Å². The van der Waals surface area contributed by atoms with Gasteiger partial charge in [-0.3, -0.25) is 24.0 Å². The number of H-pyrrole nitrogens is 1. The molecule has 1 atom stereocenters. The fourth-order valence-electron chi connectivity index (χ4n) is 8.63. The van der Waals surface area contributed by atoms with Crippen LogP contribution in [0.3, 0.4) is 0 Å². The van der Waals surface area contributed by atoms with Crippen LogP contribution in [0.15, 0.2) is 124 Å². The van der Waals surface area contributed by atoms with Gasteiger partial charge in [0.2, 0.25) is 0 Å². The molecule has 0 aliphatic carbocycles. The number of carbonyl (C=O) groups excluding carboxylic acids is 5. The minimum Gasteiger partial charge on any atom is -0.348 e. The number of amides is 5. The number of nitrogens with one attached hydrogen (secondary N) is 6. The minimum absolute atomic E-state index is 0. The highest BCUT2D eigenvalue weighted by Crippen LogP contribution is 2.12. The summed E-state index contributed by atoms with van der Waals surface area (Å²) in [6, 6.07) is 13.8. The molecule has 2 saturated heterocycles. The smallest absolute Gasteiger partial charge is 0.348 e. The van der Waals surface area contributed by atoms with Gasteiger partial charge in [-0.2, -0.15) is 5.26 Å².